The van der Waals surface area contributed by atoms with Gasteiger partial charge in [0.15, 0.2) is 0 Å². The van der Waals surface area contributed by atoms with E-state index in [1.165, 1.54) is 13.2 Å². The summed E-state index contributed by atoms with van der Waals surface area (Å²) in [5, 5.41) is 13.0. The van der Waals surface area contributed by atoms with Crippen LogP contribution in [0.25, 0.3) is 6.08 Å². The number of hydrogen-bond acceptors (Lipinski definition) is 5. The third kappa shape index (κ3) is 5.81. The van der Waals surface area contributed by atoms with Crippen LogP contribution < -0.4 is 5.32 Å². The van der Waals surface area contributed by atoms with Gasteiger partial charge in [0.2, 0.25) is 5.91 Å². The zero-order chi connectivity index (χ0) is 15.2. The van der Waals surface area contributed by atoms with Gasteiger partial charge < -0.3 is 15.2 Å². The fourth-order valence-corrected chi connectivity index (χ4v) is 2.27. The van der Waals surface area contributed by atoms with Gasteiger partial charge >= 0.3 is 0 Å². The lowest BCUT2D eigenvalue weighted by Gasteiger charge is -2.13. The smallest absolute Gasteiger partial charge is 0.244 e. The van der Waals surface area contributed by atoms with Crippen LogP contribution >= 0.6 is 11.3 Å². The van der Waals surface area contributed by atoms with Gasteiger partial charge in [0.1, 0.15) is 0 Å². The molecule has 2 N–H and O–H groups in total. The minimum Gasteiger partial charge on any atom is -0.389 e. The molecule has 20 heavy (non-hydrogen) atoms. The fourth-order valence-electron chi connectivity index (χ4n) is 1.40. The van der Waals surface area contributed by atoms with Gasteiger partial charge in [0, 0.05) is 36.2 Å². The van der Waals surface area contributed by atoms with E-state index in [0.29, 0.717) is 0 Å². The molecule has 0 spiro atoms. The van der Waals surface area contributed by atoms with Crippen molar-refractivity contribution < 1.29 is 14.6 Å². The zero-order valence-corrected chi connectivity index (χ0v) is 13.2. The Labute approximate surface area is 123 Å². The Bertz CT molecular complexity index is 463. The van der Waals surface area contributed by atoms with Crippen molar-refractivity contribution in [3.8, 4) is 0 Å². The third-order valence-corrected chi connectivity index (χ3v) is 3.82. The Morgan fingerprint density at radius 2 is 2.30 bits per heavy atom. The maximum absolute atomic E-state index is 11.6. The number of aliphatic hydroxyl groups excluding tert-OH is 1. The average Bonchev–Trinajstić information content (AvgIpc) is 2.83. The van der Waals surface area contributed by atoms with Crippen LogP contribution in [-0.4, -0.2) is 42.4 Å². The first-order valence-corrected chi connectivity index (χ1v) is 7.24. The van der Waals surface area contributed by atoms with Crippen LogP contribution in [0.15, 0.2) is 12.3 Å². The molecule has 0 fully saturated rings. The number of nitrogens with one attached hydrogen (secondary N) is 1. The number of hydrogen-bond donors (Lipinski definition) is 2. The summed E-state index contributed by atoms with van der Waals surface area (Å²) >= 11 is 1.57. The van der Waals surface area contributed by atoms with Crippen LogP contribution in [0.3, 0.4) is 0 Å². The summed E-state index contributed by atoms with van der Waals surface area (Å²) in [6, 6.07) is 0. The summed E-state index contributed by atoms with van der Waals surface area (Å²) in [7, 11) is 1.50. The van der Waals surface area contributed by atoms with Crippen molar-refractivity contribution in [2.45, 2.75) is 32.3 Å². The number of aliphatic hydroxyl groups is 1. The number of nitrogens with zero attached hydrogens (tertiary/aromatic N) is 1. The molecule has 0 aliphatic rings. The van der Waals surface area contributed by atoms with Crippen molar-refractivity contribution in [1.29, 1.82) is 0 Å². The summed E-state index contributed by atoms with van der Waals surface area (Å²) in [4.78, 5) is 16.8. The van der Waals surface area contributed by atoms with Crippen molar-refractivity contribution in [3.63, 3.8) is 0 Å². The minimum atomic E-state index is -0.687. The number of rotatable bonds is 6. The van der Waals surface area contributed by atoms with Gasteiger partial charge in [-0.1, -0.05) is 20.8 Å². The molecule has 0 bridgehead atoms. The minimum absolute atomic E-state index is 0.0171. The van der Waals surface area contributed by atoms with Crippen LogP contribution in [0, 0.1) is 0 Å². The van der Waals surface area contributed by atoms with Crippen LogP contribution in [0.1, 0.15) is 30.7 Å². The second kappa shape index (κ2) is 7.52. The second-order valence-electron chi connectivity index (χ2n) is 5.51. The Morgan fingerprint density at radius 1 is 1.60 bits per heavy atom. The van der Waals surface area contributed by atoms with E-state index in [1.807, 2.05) is 0 Å². The Morgan fingerprint density at radius 3 is 2.85 bits per heavy atom. The highest BCUT2D eigenvalue weighted by molar-refractivity contribution is 7.12. The van der Waals surface area contributed by atoms with Crippen molar-refractivity contribution in [1.82, 2.24) is 10.3 Å². The van der Waals surface area contributed by atoms with Crippen LogP contribution in [-0.2, 0) is 14.9 Å². The van der Waals surface area contributed by atoms with Gasteiger partial charge in [0.05, 0.1) is 17.7 Å². The van der Waals surface area contributed by atoms with E-state index >= 15 is 0 Å². The van der Waals surface area contributed by atoms with E-state index in [0.717, 1.165) is 9.88 Å². The molecule has 0 aliphatic carbocycles. The molecule has 1 rings (SSSR count). The van der Waals surface area contributed by atoms with E-state index in [2.05, 4.69) is 31.1 Å². The molecule has 0 aromatic carbocycles. The SMILES string of the molecule is COCC(O)CNC(=O)/C=C/c1cnc(C(C)(C)C)s1. The van der Waals surface area contributed by atoms with Crippen molar-refractivity contribution in [2.75, 3.05) is 20.3 Å². The van der Waals surface area contributed by atoms with E-state index < -0.39 is 6.10 Å². The lowest BCUT2D eigenvalue weighted by Crippen LogP contribution is -2.33. The van der Waals surface area contributed by atoms with Gasteiger partial charge in [-0.05, 0) is 6.08 Å². The van der Waals surface area contributed by atoms with Gasteiger partial charge in [-0.15, -0.1) is 11.3 Å². The molecular weight excluding hydrogens is 276 g/mol. The Hall–Kier alpha value is -1.24. The number of amides is 1. The van der Waals surface area contributed by atoms with E-state index in [-0.39, 0.29) is 24.5 Å². The number of thiazole rings is 1. The molecule has 5 nitrogen and oxygen atoms in total. The van der Waals surface area contributed by atoms with Gasteiger partial charge in [-0.2, -0.15) is 0 Å². The topological polar surface area (TPSA) is 71.5 Å². The number of aromatic nitrogens is 1. The maximum Gasteiger partial charge on any atom is 0.244 e. The first-order chi connectivity index (χ1) is 9.32. The number of methoxy groups -OCH3 is 1. The van der Waals surface area contributed by atoms with Gasteiger partial charge in [0.25, 0.3) is 0 Å². The Balaban J connectivity index is 2.47. The van der Waals surface area contributed by atoms with E-state index in [9.17, 15) is 9.90 Å². The third-order valence-electron chi connectivity index (χ3n) is 2.44. The predicted molar refractivity (Wildman–Crippen MR) is 80.7 cm³/mol. The van der Waals surface area contributed by atoms with Gasteiger partial charge in [-0.3, -0.25) is 4.79 Å². The average molecular weight is 298 g/mol. The summed E-state index contributed by atoms with van der Waals surface area (Å²) in [6.45, 7) is 6.68. The molecule has 6 heteroatoms. The lowest BCUT2D eigenvalue weighted by molar-refractivity contribution is -0.117. The molecule has 1 aromatic rings. The summed E-state index contributed by atoms with van der Waals surface area (Å²) in [5.74, 6) is -0.245. The fraction of sp³-hybridized carbons (Fsp3) is 0.571. The summed E-state index contributed by atoms with van der Waals surface area (Å²) in [6.07, 6.45) is 4.24. The number of ether oxygens (including phenoxy) is 1. The van der Waals surface area contributed by atoms with Gasteiger partial charge in [-0.25, -0.2) is 4.98 Å². The van der Waals surface area contributed by atoms with Crippen molar-refractivity contribution >= 4 is 23.3 Å². The molecule has 1 aromatic heterocycles. The molecule has 1 unspecified atom stereocenters. The van der Waals surface area contributed by atoms with E-state index in [4.69, 9.17) is 4.74 Å². The van der Waals surface area contributed by atoms with Crippen molar-refractivity contribution in [2.24, 2.45) is 0 Å². The number of carbonyl (C=O) groups excluding carboxylic acids is 1. The first kappa shape index (κ1) is 16.8. The van der Waals surface area contributed by atoms with E-state index in [1.54, 1.807) is 23.6 Å². The standard InChI is InChI=1S/C14H22N2O3S/c1-14(2,3)13-16-8-11(20-13)5-6-12(18)15-7-10(17)9-19-4/h5-6,8,10,17H,7,9H2,1-4H3,(H,15,18)/b6-5+. The lowest BCUT2D eigenvalue weighted by atomic mass is 9.98. The molecule has 0 radical (unpaired) electrons. The first-order valence-electron chi connectivity index (χ1n) is 6.42. The molecular formula is C14H22N2O3S. The molecule has 1 heterocycles. The molecule has 1 amide bonds. The quantitative estimate of drug-likeness (QED) is 0.782. The zero-order valence-electron chi connectivity index (χ0n) is 12.3. The van der Waals surface area contributed by atoms with Crippen molar-refractivity contribution in [3.05, 3.63) is 22.2 Å². The number of carbonyl (C=O) groups is 1. The molecule has 112 valence electrons. The highest BCUT2D eigenvalue weighted by Gasteiger charge is 2.17. The van der Waals surface area contributed by atoms with Crippen LogP contribution in [0.5, 0.6) is 0 Å². The molecule has 0 aliphatic heterocycles. The largest absolute Gasteiger partial charge is 0.389 e. The normalized spacial score (nSPS) is 13.7. The van der Waals surface area contributed by atoms with Crippen LogP contribution in [0.2, 0.25) is 0 Å². The predicted octanol–water partition coefficient (Wildman–Crippen LogP) is 1.58. The molecule has 0 saturated carbocycles. The monoisotopic (exact) mass is 298 g/mol. The highest BCUT2D eigenvalue weighted by atomic mass is 32.1. The Kier molecular flexibility index (Phi) is 6.32. The maximum atomic E-state index is 11.6. The molecule has 1 atom stereocenters. The summed E-state index contributed by atoms with van der Waals surface area (Å²) < 4.78 is 4.77. The molecule has 0 saturated heterocycles. The van der Waals surface area contributed by atoms with Crippen LogP contribution in [0.4, 0.5) is 0 Å². The second-order valence-corrected chi connectivity index (χ2v) is 6.57. The summed E-state index contributed by atoms with van der Waals surface area (Å²) in [5.41, 5.74) is 0.0171. The highest BCUT2D eigenvalue weighted by Crippen LogP contribution is 2.27.